The topological polar surface area (TPSA) is 49.4 Å². The molecule has 0 spiro atoms. The lowest BCUT2D eigenvalue weighted by Gasteiger charge is -2.32. The zero-order valence-corrected chi connectivity index (χ0v) is 21.1. The molecule has 1 saturated carbocycles. The first kappa shape index (κ1) is 25.3. The molecule has 1 N–H and O–H groups in total. The Morgan fingerprint density at radius 3 is 2.09 bits per heavy atom. The zero-order chi connectivity index (χ0) is 24.6. The minimum Gasteiger partial charge on any atom is -0.352 e. The van der Waals surface area contributed by atoms with Crippen LogP contribution in [0.15, 0.2) is 78.9 Å². The standard InChI is InChI=1S/C29H30Cl2N2O2/c30-24-12-6-10-22(16-24)19-28(34)33(20-23-11-7-13-25(31)17-23)27(18-21-8-2-1-3-9-21)29(35)32-26-14-4-5-15-26/h1-3,6-13,16-17,26-27H,4-5,14-15,18-20H2,(H,32,35)/t27-/m0/s1. The summed E-state index contributed by atoms with van der Waals surface area (Å²) in [7, 11) is 0. The number of carbonyl (C=O) groups is 2. The minimum atomic E-state index is -0.649. The Labute approximate surface area is 217 Å². The van der Waals surface area contributed by atoms with E-state index in [0.717, 1.165) is 42.4 Å². The number of amides is 2. The predicted octanol–water partition coefficient (Wildman–Crippen LogP) is 6.23. The van der Waals surface area contributed by atoms with E-state index in [-0.39, 0.29) is 30.8 Å². The van der Waals surface area contributed by atoms with Gasteiger partial charge in [-0.25, -0.2) is 0 Å². The van der Waals surface area contributed by atoms with Gasteiger partial charge in [-0.2, -0.15) is 0 Å². The van der Waals surface area contributed by atoms with Crippen LogP contribution < -0.4 is 5.32 Å². The zero-order valence-electron chi connectivity index (χ0n) is 19.6. The van der Waals surface area contributed by atoms with Crippen molar-refractivity contribution in [2.24, 2.45) is 0 Å². The van der Waals surface area contributed by atoms with Gasteiger partial charge in [0, 0.05) is 29.1 Å². The van der Waals surface area contributed by atoms with Gasteiger partial charge in [0.15, 0.2) is 0 Å². The Hall–Kier alpha value is -2.82. The van der Waals surface area contributed by atoms with Gasteiger partial charge >= 0.3 is 0 Å². The summed E-state index contributed by atoms with van der Waals surface area (Å²) >= 11 is 12.4. The van der Waals surface area contributed by atoms with Gasteiger partial charge in [0.25, 0.3) is 0 Å². The van der Waals surface area contributed by atoms with E-state index in [0.29, 0.717) is 16.5 Å². The van der Waals surface area contributed by atoms with Crippen molar-refractivity contribution in [2.75, 3.05) is 0 Å². The molecule has 1 fully saturated rings. The first-order valence-corrected chi connectivity index (χ1v) is 12.9. The summed E-state index contributed by atoms with van der Waals surface area (Å²) in [6, 6.07) is 24.1. The van der Waals surface area contributed by atoms with Gasteiger partial charge in [-0.15, -0.1) is 0 Å². The molecule has 3 aromatic rings. The smallest absolute Gasteiger partial charge is 0.243 e. The maximum atomic E-state index is 13.8. The van der Waals surface area contributed by atoms with Crippen LogP contribution in [-0.2, 0) is 29.0 Å². The van der Waals surface area contributed by atoms with Crippen LogP contribution in [0.2, 0.25) is 10.0 Å². The van der Waals surface area contributed by atoms with Gasteiger partial charge < -0.3 is 10.2 Å². The predicted molar refractivity (Wildman–Crippen MR) is 141 cm³/mol. The normalized spacial score (nSPS) is 14.5. The molecule has 1 atom stereocenters. The third-order valence-electron chi connectivity index (χ3n) is 6.46. The van der Waals surface area contributed by atoms with E-state index in [1.54, 1.807) is 23.1 Å². The lowest BCUT2D eigenvalue weighted by atomic mass is 10.0. The molecule has 182 valence electrons. The molecular weight excluding hydrogens is 479 g/mol. The molecule has 2 amide bonds. The summed E-state index contributed by atoms with van der Waals surface area (Å²) in [5.41, 5.74) is 2.70. The van der Waals surface area contributed by atoms with Crippen LogP contribution in [0.3, 0.4) is 0 Å². The van der Waals surface area contributed by atoms with Gasteiger partial charge in [-0.3, -0.25) is 9.59 Å². The average molecular weight is 509 g/mol. The van der Waals surface area contributed by atoms with Crippen molar-refractivity contribution in [2.45, 2.75) is 57.2 Å². The summed E-state index contributed by atoms with van der Waals surface area (Å²) in [5.74, 6) is -0.239. The van der Waals surface area contributed by atoms with Crippen molar-refractivity contribution < 1.29 is 9.59 Å². The van der Waals surface area contributed by atoms with Crippen LogP contribution in [0.4, 0.5) is 0 Å². The van der Waals surface area contributed by atoms with E-state index < -0.39 is 6.04 Å². The molecule has 6 heteroatoms. The summed E-state index contributed by atoms with van der Waals surface area (Å²) < 4.78 is 0. The van der Waals surface area contributed by atoms with Crippen molar-refractivity contribution in [3.05, 3.63) is 106 Å². The molecule has 35 heavy (non-hydrogen) atoms. The maximum Gasteiger partial charge on any atom is 0.243 e. The Balaban J connectivity index is 1.66. The second-order valence-corrected chi connectivity index (χ2v) is 10.0. The van der Waals surface area contributed by atoms with Gasteiger partial charge in [-0.1, -0.05) is 90.6 Å². The number of nitrogens with zero attached hydrogens (tertiary/aromatic N) is 1. The summed E-state index contributed by atoms with van der Waals surface area (Å²) in [4.78, 5) is 29.1. The number of hydrogen-bond donors (Lipinski definition) is 1. The van der Waals surface area contributed by atoms with Crippen LogP contribution in [0.5, 0.6) is 0 Å². The molecule has 0 bridgehead atoms. The molecule has 0 heterocycles. The Morgan fingerprint density at radius 2 is 1.43 bits per heavy atom. The lowest BCUT2D eigenvalue weighted by molar-refractivity contribution is -0.141. The molecule has 0 unspecified atom stereocenters. The van der Waals surface area contributed by atoms with Gasteiger partial charge in [0.2, 0.25) is 11.8 Å². The van der Waals surface area contributed by atoms with Gasteiger partial charge in [0.05, 0.1) is 6.42 Å². The minimum absolute atomic E-state index is 0.109. The number of halogens is 2. The first-order chi connectivity index (χ1) is 17.0. The molecular formula is C29H30Cl2N2O2. The lowest BCUT2D eigenvalue weighted by Crippen LogP contribution is -2.52. The van der Waals surface area contributed by atoms with Crippen LogP contribution >= 0.6 is 23.2 Å². The number of carbonyl (C=O) groups excluding carboxylic acids is 2. The fourth-order valence-corrected chi connectivity index (χ4v) is 5.10. The highest BCUT2D eigenvalue weighted by Crippen LogP contribution is 2.22. The number of nitrogens with one attached hydrogen (secondary N) is 1. The van der Waals surface area contributed by atoms with Gasteiger partial charge in [-0.05, 0) is 53.8 Å². The SMILES string of the molecule is O=C(NC1CCCC1)[C@H](Cc1ccccc1)N(Cc1cccc(Cl)c1)C(=O)Cc1cccc(Cl)c1. The molecule has 0 aromatic heterocycles. The van der Waals surface area contributed by atoms with Crippen molar-refractivity contribution >= 4 is 35.0 Å². The molecule has 1 aliphatic carbocycles. The third kappa shape index (κ3) is 7.33. The molecule has 4 rings (SSSR count). The molecule has 0 aliphatic heterocycles. The van der Waals surface area contributed by atoms with E-state index >= 15 is 0 Å². The van der Waals surface area contributed by atoms with E-state index in [2.05, 4.69) is 5.32 Å². The fraction of sp³-hybridized carbons (Fsp3) is 0.310. The molecule has 1 aliphatic rings. The second kappa shape index (κ2) is 12.2. The molecule has 4 nitrogen and oxygen atoms in total. The van der Waals surface area contributed by atoms with Crippen LogP contribution in [-0.4, -0.2) is 28.8 Å². The Morgan fingerprint density at radius 1 is 0.829 bits per heavy atom. The highest BCUT2D eigenvalue weighted by molar-refractivity contribution is 6.30. The molecule has 0 saturated heterocycles. The number of hydrogen-bond acceptors (Lipinski definition) is 2. The molecule has 3 aromatic carbocycles. The number of benzene rings is 3. The average Bonchev–Trinajstić information content (AvgIpc) is 3.35. The van der Waals surface area contributed by atoms with Crippen LogP contribution in [0.25, 0.3) is 0 Å². The number of rotatable bonds is 9. The van der Waals surface area contributed by atoms with E-state index in [1.165, 1.54) is 0 Å². The van der Waals surface area contributed by atoms with Crippen molar-refractivity contribution in [3.63, 3.8) is 0 Å². The largest absolute Gasteiger partial charge is 0.352 e. The first-order valence-electron chi connectivity index (χ1n) is 12.1. The third-order valence-corrected chi connectivity index (χ3v) is 6.93. The van der Waals surface area contributed by atoms with Crippen LogP contribution in [0, 0.1) is 0 Å². The van der Waals surface area contributed by atoms with Crippen LogP contribution in [0.1, 0.15) is 42.4 Å². The van der Waals surface area contributed by atoms with Crippen molar-refractivity contribution in [3.8, 4) is 0 Å². The quantitative estimate of drug-likeness (QED) is 0.372. The highest BCUT2D eigenvalue weighted by atomic mass is 35.5. The monoisotopic (exact) mass is 508 g/mol. The Kier molecular flexibility index (Phi) is 8.84. The van der Waals surface area contributed by atoms with E-state index in [9.17, 15) is 9.59 Å². The van der Waals surface area contributed by atoms with Gasteiger partial charge in [0.1, 0.15) is 6.04 Å². The highest BCUT2D eigenvalue weighted by Gasteiger charge is 2.32. The second-order valence-electron chi connectivity index (χ2n) is 9.15. The van der Waals surface area contributed by atoms with E-state index in [1.807, 2.05) is 60.7 Å². The Bertz CT molecular complexity index is 1150. The van der Waals surface area contributed by atoms with Crippen molar-refractivity contribution in [1.82, 2.24) is 10.2 Å². The summed E-state index contributed by atoms with van der Waals surface area (Å²) in [6.07, 6.45) is 4.79. The maximum absolute atomic E-state index is 13.8. The fourth-order valence-electron chi connectivity index (χ4n) is 4.68. The van der Waals surface area contributed by atoms with E-state index in [4.69, 9.17) is 23.2 Å². The molecule has 0 radical (unpaired) electrons. The summed E-state index contributed by atoms with van der Waals surface area (Å²) in [5, 5.41) is 4.40. The van der Waals surface area contributed by atoms with Crippen molar-refractivity contribution in [1.29, 1.82) is 0 Å². The summed E-state index contributed by atoms with van der Waals surface area (Å²) in [6.45, 7) is 0.287.